The number of amides is 4. The Hall–Kier alpha value is -5.80. The monoisotopic (exact) mass is 952 g/mol. The number of ether oxygens (including phenoxy) is 4. The summed E-state index contributed by atoms with van der Waals surface area (Å²) < 4.78 is 20.9. The molecule has 5 fully saturated rings. The third-order valence-corrected chi connectivity index (χ3v) is 16.0. The Morgan fingerprint density at radius 2 is 1.04 bits per heavy atom. The Labute approximate surface area is 404 Å². The van der Waals surface area contributed by atoms with Crippen molar-refractivity contribution >= 4 is 47.5 Å². The van der Waals surface area contributed by atoms with E-state index in [0.717, 1.165) is 125 Å². The molecule has 2 aliphatic heterocycles. The standard InChI is InChI=1S/C53H68N4O12/c1-66-51(64)54-45(35-13-5-3-6-14-35)47(60)56-27-11-17-41(56)49(62)68-31-43(58)34-21-19-33(20-22-34)37-23-24-38(40-30-53(29-39(37)40)25-9-10-26-53)44(59)32-69-50(63)42-18-12-28-57(42)48(61)46(55-52(65)67-2)36-15-7-4-8-16-36/h19-24,35-36,41-42,45-46H,3-18,25-32H2,1-2H3,(H,54,64)(H,55,65)/t41-,42-,45-,46-/m0/s1. The first-order valence-corrected chi connectivity index (χ1v) is 25.3. The zero-order chi connectivity index (χ0) is 48.7. The van der Waals surface area contributed by atoms with Crippen LogP contribution in [0, 0.1) is 17.3 Å². The molecule has 6 aliphatic rings. The van der Waals surface area contributed by atoms with E-state index in [1.165, 1.54) is 24.0 Å². The van der Waals surface area contributed by atoms with Gasteiger partial charge >= 0.3 is 24.1 Å². The van der Waals surface area contributed by atoms with Crippen LogP contribution in [0.4, 0.5) is 9.59 Å². The number of carbonyl (C=O) groups excluding carboxylic acids is 8. The summed E-state index contributed by atoms with van der Waals surface area (Å²) >= 11 is 0. The number of methoxy groups -OCH3 is 2. The van der Waals surface area contributed by atoms with Gasteiger partial charge in [0.25, 0.3) is 0 Å². The van der Waals surface area contributed by atoms with Crippen molar-refractivity contribution in [3.05, 3.63) is 58.7 Å². The van der Waals surface area contributed by atoms with Gasteiger partial charge in [0.1, 0.15) is 24.2 Å². The highest BCUT2D eigenvalue weighted by molar-refractivity contribution is 6.02. The van der Waals surface area contributed by atoms with Gasteiger partial charge in [-0.05, 0) is 117 Å². The Morgan fingerprint density at radius 3 is 1.54 bits per heavy atom. The van der Waals surface area contributed by atoms with Crippen LogP contribution in [0.5, 0.6) is 0 Å². The molecule has 0 radical (unpaired) electrons. The lowest BCUT2D eigenvalue weighted by Gasteiger charge is -2.34. The summed E-state index contributed by atoms with van der Waals surface area (Å²) in [7, 11) is 2.51. The molecule has 2 N–H and O–H groups in total. The SMILES string of the molecule is COC(=O)N[C@H](C(=O)N1CCC[C@H]1C(=O)OCC(=O)c1ccc(-c2ccc(C(=O)COC(=O)[C@@H]3CCCN3C(=O)[C@@H](NC(=O)OC)C3CCCCC3)c3c2CC2(CCCC2)C3)cc1)C1CCCCC1. The van der Waals surface area contributed by atoms with Crippen LogP contribution < -0.4 is 10.6 Å². The fourth-order valence-electron chi connectivity index (χ4n) is 12.4. The summed E-state index contributed by atoms with van der Waals surface area (Å²) in [6.45, 7) is -0.268. The maximum Gasteiger partial charge on any atom is 0.407 e. The number of nitrogens with one attached hydrogen (secondary N) is 2. The molecule has 2 heterocycles. The number of nitrogens with zero attached hydrogens (tertiary/aromatic N) is 2. The van der Waals surface area contributed by atoms with Crippen LogP contribution in [0.1, 0.15) is 147 Å². The number of hydrogen-bond donors (Lipinski definition) is 2. The quantitative estimate of drug-likeness (QED) is 0.105. The average molecular weight is 953 g/mol. The van der Waals surface area contributed by atoms with E-state index in [1.807, 2.05) is 18.2 Å². The van der Waals surface area contributed by atoms with Crippen LogP contribution in [0.25, 0.3) is 11.1 Å². The van der Waals surface area contributed by atoms with Crippen LogP contribution in [-0.2, 0) is 51.0 Å². The molecule has 0 bridgehead atoms. The second-order valence-electron chi connectivity index (χ2n) is 20.2. The highest BCUT2D eigenvalue weighted by Gasteiger charge is 2.45. The molecule has 8 rings (SSSR count). The summed E-state index contributed by atoms with van der Waals surface area (Å²) in [5.74, 6) is -2.79. The van der Waals surface area contributed by atoms with Gasteiger partial charge in [-0.3, -0.25) is 19.2 Å². The van der Waals surface area contributed by atoms with Gasteiger partial charge in [-0.1, -0.05) is 87.8 Å². The van der Waals surface area contributed by atoms with Crippen molar-refractivity contribution in [2.75, 3.05) is 40.5 Å². The summed E-state index contributed by atoms with van der Waals surface area (Å²) in [4.78, 5) is 110. The van der Waals surface area contributed by atoms with Gasteiger partial charge in [-0.2, -0.15) is 0 Å². The van der Waals surface area contributed by atoms with E-state index in [9.17, 15) is 38.4 Å². The second kappa shape index (κ2) is 22.3. The number of Topliss-reactive ketones (excluding diaryl/α,β-unsaturated/α-hetero) is 2. The summed E-state index contributed by atoms with van der Waals surface area (Å²) in [6, 6.07) is 7.51. The Bertz CT molecular complexity index is 2260. The van der Waals surface area contributed by atoms with Gasteiger partial charge < -0.3 is 39.4 Å². The Kier molecular flexibility index (Phi) is 16.0. The minimum atomic E-state index is -0.860. The molecule has 1 spiro atoms. The van der Waals surface area contributed by atoms with Crippen LogP contribution >= 0.6 is 0 Å². The van der Waals surface area contributed by atoms with Gasteiger partial charge in [-0.25, -0.2) is 19.2 Å². The number of fused-ring (bicyclic) bond motifs is 1. The highest BCUT2D eigenvalue weighted by Crippen LogP contribution is 2.52. The molecule has 16 nitrogen and oxygen atoms in total. The maximum atomic E-state index is 14.0. The van der Waals surface area contributed by atoms with Crippen molar-refractivity contribution in [2.45, 2.75) is 153 Å². The zero-order valence-electron chi connectivity index (χ0n) is 40.2. The van der Waals surface area contributed by atoms with Gasteiger partial charge in [0.15, 0.2) is 19.0 Å². The molecular weight excluding hydrogens is 885 g/mol. The van der Waals surface area contributed by atoms with Crippen molar-refractivity contribution in [3.63, 3.8) is 0 Å². The van der Waals surface area contributed by atoms with E-state index in [0.29, 0.717) is 49.9 Å². The number of alkyl carbamates (subject to hydrolysis) is 2. The third kappa shape index (κ3) is 11.1. The maximum absolute atomic E-state index is 14.0. The van der Waals surface area contributed by atoms with Crippen LogP contribution in [-0.4, -0.2) is 122 Å². The molecule has 4 aliphatic carbocycles. The normalized spacial score (nSPS) is 22.1. The largest absolute Gasteiger partial charge is 0.456 e. The summed E-state index contributed by atoms with van der Waals surface area (Å²) in [5.41, 5.74) is 4.77. The molecule has 2 aromatic rings. The molecule has 2 saturated heterocycles. The minimum Gasteiger partial charge on any atom is -0.456 e. The highest BCUT2D eigenvalue weighted by atomic mass is 16.6. The predicted molar refractivity (Wildman–Crippen MR) is 252 cm³/mol. The van der Waals surface area contributed by atoms with Gasteiger partial charge in [0.05, 0.1) is 14.2 Å². The summed E-state index contributed by atoms with van der Waals surface area (Å²) in [5, 5.41) is 5.46. The number of likely N-dealkylation sites (tertiary alicyclic amines) is 2. The molecule has 0 unspecified atom stereocenters. The topological polar surface area (TPSA) is 204 Å². The Morgan fingerprint density at radius 1 is 0.565 bits per heavy atom. The van der Waals surface area contributed by atoms with Gasteiger partial charge in [-0.15, -0.1) is 0 Å². The van der Waals surface area contributed by atoms with Crippen molar-refractivity contribution in [1.29, 1.82) is 0 Å². The molecule has 3 saturated carbocycles. The number of rotatable bonds is 15. The van der Waals surface area contributed by atoms with E-state index in [2.05, 4.69) is 10.6 Å². The molecular formula is C53H68N4O12. The van der Waals surface area contributed by atoms with Crippen molar-refractivity contribution in [1.82, 2.24) is 20.4 Å². The third-order valence-electron chi connectivity index (χ3n) is 16.0. The number of carbonyl (C=O) groups is 8. The smallest absolute Gasteiger partial charge is 0.407 e. The Balaban J connectivity index is 0.906. The molecule has 16 heteroatoms. The van der Waals surface area contributed by atoms with E-state index < -0.39 is 67.3 Å². The van der Waals surface area contributed by atoms with Gasteiger partial charge in [0, 0.05) is 24.2 Å². The molecule has 372 valence electrons. The van der Waals surface area contributed by atoms with Crippen LogP contribution in [0.15, 0.2) is 36.4 Å². The van der Waals surface area contributed by atoms with Crippen LogP contribution in [0.2, 0.25) is 0 Å². The number of benzene rings is 2. The molecule has 2 aromatic carbocycles. The predicted octanol–water partition coefficient (Wildman–Crippen LogP) is 7.06. The van der Waals surface area contributed by atoms with E-state index in [-0.39, 0.29) is 34.8 Å². The van der Waals surface area contributed by atoms with E-state index in [4.69, 9.17) is 18.9 Å². The first-order chi connectivity index (χ1) is 33.4. The minimum absolute atomic E-state index is 0.0376. The number of ketones is 2. The fourth-order valence-corrected chi connectivity index (χ4v) is 12.4. The van der Waals surface area contributed by atoms with E-state index >= 15 is 0 Å². The molecule has 4 atom stereocenters. The van der Waals surface area contributed by atoms with Gasteiger partial charge in [0.2, 0.25) is 17.6 Å². The second-order valence-corrected chi connectivity index (χ2v) is 20.2. The zero-order valence-corrected chi connectivity index (χ0v) is 40.2. The van der Waals surface area contributed by atoms with Crippen molar-refractivity contribution in [2.24, 2.45) is 17.3 Å². The average Bonchev–Trinajstić information content (AvgIpc) is 4.23. The molecule has 69 heavy (non-hydrogen) atoms. The first-order valence-electron chi connectivity index (χ1n) is 25.3. The summed E-state index contributed by atoms with van der Waals surface area (Å²) in [6.07, 6.45) is 15.6. The van der Waals surface area contributed by atoms with Crippen molar-refractivity contribution < 1.29 is 57.3 Å². The molecule has 0 aromatic heterocycles. The first kappa shape index (κ1) is 49.6. The van der Waals surface area contributed by atoms with E-state index in [1.54, 1.807) is 18.2 Å². The lowest BCUT2D eigenvalue weighted by Crippen LogP contribution is -2.55. The number of hydrogen-bond acceptors (Lipinski definition) is 12. The number of esters is 2. The van der Waals surface area contributed by atoms with Crippen molar-refractivity contribution in [3.8, 4) is 11.1 Å². The lowest BCUT2D eigenvalue weighted by molar-refractivity contribution is -0.153. The lowest BCUT2D eigenvalue weighted by atomic mass is 9.82. The fraction of sp³-hybridized carbons (Fsp3) is 0.623. The molecule has 4 amide bonds. The van der Waals surface area contributed by atoms with Crippen LogP contribution in [0.3, 0.4) is 0 Å².